The first-order valence-electron chi connectivity index (χ1n) is 6.76. The average molecular weight is 362 g/mol. The summed E-state index contributed by atoms with van der Waals surface area (Å²) in [4.78, 5) is 12.3. The van der Waals surface area contributed by atoms with Gasteiger partial charge in [-0.15, -0.1) is 0 Å². The maximum atomic E-state index is 13.3. The standard InChI is InChI=1S/C17H13BrFNO2/c1-10-14-8-12(19)5-6-16(14)22-17(10)15(21)9-20-13-4-2-3-11(18)7-13/h2-8,20H,9H2,1H3. The molecule has 2 aromatic carbocycles. The summed E-state index contributed by atoms with van der Waals surface area (Å²) in [6.07, 6.45) is 0. The molecule has 3 rings (SSSR count). The summed E-state index contributed by atoms with van der Waals surface area (Å²) in [6, 6.07) is 11.8. The molecule has 0 atom stereocenters. The highest BCUT2D eigenvalue weighted by Gasteiger charge is 2.17. The Kier molecular flexibility index (Phi) is 3.98. The number of Topliss-reactive ketones (excluding diaryl/α,β-unsaturated/α-hetero) is 1. The van der Waals surface area contributed by atoms with Gasteiger partial charge in [0.15, 0.2) is 5.76 Å². The van der Waals surface area contributed by atoms with Crippen LogP contribution in [-0.2, 0) is 0 Å². The molecule has 5 heteroatoms. The largest absolute Gasteiger partial charge is 0.453 e. The van der Waals surface area contributed by atoms with Gasteiger partial charge in [0, 0.05) is 21.1 Å². The van der Waals surface area contributed by atoms with Gasteiger partial charge in [0.1, 0.15) is 11.4 Å². The number of benzene rings is 2. The highest BCUT2D eigenvalue weighted by Crippen LogP contribution is 2.26. The van der Waals surface area contributed by atoms with Crippen molar-refractivity contribution in [3.63, 3.8) is 0 Å². The predicted octanol–water partition coefficient (Wildman–Crippen LogP) is 4.94. The molecule has 0 amide bonds. The minimum absolute atomic E-state index is 0.111. The molecule has 3 nitrogen and oxygen atoms in total. The number of fused-ring (bicyclic) bond motifs is 1. The normalized spacial score (nSPS) is 10.9. The Hall–Kier alpha value is -2.14. The minimum atomic E-state index is -0.345. The number of halogens is 2. The molecule has 0 spiro atoms. The van der Waals surface area contributed by atoms with E-state index in [-0.39, 0.29) is 23.9 Å². The third-order valence-electron chi connectivity index (χ3n) is 3.43. The maximum Gasteiger partial charge on any atom is 0.217 e. The molecule has 0 saturated carbocycles. The number of carbonyl (C=O) groups excluding carboxylic acids is 1. The SMILES string of the molecule is Cc1c(C(=O)CNc2cccc(Br)c2)oc2ccc(F)cc12. The highest BCUT2D eigenvalue weighted by atomic mass is 79.9. The molecule has 0 aliphatic heterocycles. The average Bonchev–Trinajstić information content (AvgIpc) is 2.82. The van der Waals surface area contributed by atoms with Crippen molar-refractivity contribution in [1.29, 1.82) is 0 Å². The zero-order valence-electron chi connectivity index (χ0n) is 11.8. The first-order valence-corrected chi connectivity index (χ1v) is 7.55. The number of hydrogen-bond donors (Lipinski definition) is 1. The lowest BCUT2D eigenvalue weighted by molar-refractivity contribution is 0.0981. The van der Waals surface area contributed by atoms with Gasteiger partial charge in [0.2, 0.25) is 5.78 Å². The second kappa shape index (κ2) is 5.93. The van der Waals surface area contributed by atoms with E-state index in [9.17, 15) is 9.18 Å². The zero-order chi connectivity index (χ0) is 15.7. The molecule has 112 valence electrons. The number of carbonyl (C=O) groups is 1. The van der Waals surface area contributed by atoms with Gasteiger partial charge in [0.25, 0.3) is 0 Å². The number of anilines is 1. The molecule has 1 N–H and O–H groups in total. The predicted molar refractivity (Wildman–Crippen MR) is 87.9 cm³/mol. The van der Waals surface area contributed by atoms with Crippen molar-refractivity contribution in [3.8, 4) is 0 Å². The fourth-order valence-corrected chi connectivity index (χ4v) is 2.72. The molecule has 1 heterocycles. The van der Waals surface area contributed by atoms with Crippen molar-refractivity contribution in [2.75, 3.05) is 11.9 Å². The van der Waals surface area contributed by atoms with Gasteiger partial charge in [-0.3, -0.25) is 4.79 Å². The summed E-state index contributed by atoms with van der Waals surface area (Å²) in [5, 5.41) is 3.68. The maximum absolute atomic E-state index is 13.3. The van der Waals surface area contributed by atoms with Crippen molar-refractivity contribution < 1.29 is 13.6 Å². The lowest BCUT2D eigenvalue weighted by Gasteiger charge is -2.05. The topological polar surface area (TPSA) is 42.2 Å². The summed E-state index contributed by atoms with van der Waals surface area (Å²) in [5.41, 5.74) is 2.02. The van der Waals surface area contributed by atoms with Gasteiger partial charge in [-0.2, -0.15) is 0 Å². The quantitative estimate of drug-likeness (QED) is 0.669. The summed E-state index contributed by atoms with van der Waals surface area (Å²) in [5.74, 6) is -0.250. The van der Waals surface area contributed by atoms with Gasteiger partial charge in [0.05, 0.1) is 6.54 Å². The van der Waals surface area contributed by atoms with Crippen molar-refractivity contribution in [1.82, 2.24) is 0 Å². The van der Waals surface area contributed by atoms with Crippen LogP contribution < -0.4 is 5.32 Å². The Morgan fingerprint density at radius 2 is 2.09 bits per heavy atom. The van der Waals surface area contributed by atoms with Crippen LogP contribution in [0.1, 0.15) is 16.1 Å². The van der Waals surface area contributed by atoms with E-state index < -0.39 is 0 Å². The van der Waals surface area contributed by atoms with E-state index in [1.807, 2.05) is 24.3 Å². The molecule has 3 aromatic rings. The number of ketones is 1. The minimum Gasteiger partial charge on any atom is -0.453 e. The summed E-state index contributed by atoms with van der Waals surface area (Å²) < 4.78 is 19.8. The van der Waals surface area contributed by atoms with Gasteiger partial charge in [-0.1, -0.05) is 22.0 Å². The lowest BCUT2D eigenvalue weighted by Crippen LogP contribution is -2.14. The van der Waals surface area contributed by atoms with E-state index in [1.54, 1.807) is 6.92 Å². The van der Waals surface area contributed by atoms with Crippen LogP contribution in [0.15, 0.2) is 51.4 Å². The molecular weight excluding hydrogens is 349 g/mol. The summed E-state index contributed by atoms with van der Waals surface area (Å²) >= 11 is 3.38. The first-order chi connectivity index (χ1) is 10.5. The second-order valence-electron chi connectivity index (χ2n) is 4.98. The van der Waals surface area contributed by atoms with Gasteiger partial charge < -0.3 is 9.73 Å². The molecule has 0 aliphatic carbocycles. The monoisotopic (exact) mass is 361 g/mol. The molecule has 22 heavy (non-hydrogen) atoms. The Bertz CT molecular complexity index is 857. The van der Waals surface area contributed by atoms with Gasteiger partial charge in [-0.25, -0.2) is 4.39 Å². The highest BCUT2D eigenvalue weighted by molar-refractivity contribution is 9.10. The van der Waals surface area contributed by atoms with Crippen molar-refractivity contribution >= 4 is 38.4 Å². The number of furan rings is 1. The van der Waals surface area contributed by atoms with Crippen LogP contribution in [0.5, 0.6) is 0 Å². The van der Waals surface area contributed by atoms with E-state index in [0.29, 0.717) is 16.5 Å². The van der Waals surface area contributed by atoms with E-state index in [2.05, 4.69) is 21.2 Å². The van der Waals surface area contributed by atoms with Crippen molar-refractivity contribution in [2.24, 2.45) is 0 Å². The van der Waals surface area contributed by atoms with Crippen LogP contribution in [-0.4, -0.2) is 12.3 Å². The van der Waals surface area contributed by atoms with E-state index >= 15 is 0 Å². The molecule has 0 saturated heterocycles. The molecule has 1 aromatic heterocycles. The smallest absolute Gasteiger partial charge is 0.217 e. The molecule has 0 aliphatic rings. The molecule has 0 radical (unpaired) electrons. The Balaban J connectivity index is 1.82. The third-order valence-corrected chi connectivity index (χ3v) is 3.92. The second-order valence-corrected chi connectivity index (χ2v) is 5.90. The Labute approximate surface area is 135 Å². The van der Waals surface area contributed by atoms with E-state index in [4.69, 9.17) is 4.42 Å². The van der Waals surface area contributed by atoms with Crippen LogP contribution >= 0.6 is 15.9 Å². The molecular formula is C17H13BrFNO2. The van der Waals surface area contributed by atoms with Crippen molar-refractivity contribution in [3.05, 3.63) is 64.1 Å². The number of aryl methyl sites for hydroxylation is 1. The lowest BCUT2D eigenvalue weighted by atomic mass is 10.1. The Morgan fingerprint density at radius 3 is 2.86 bits per heavy atom. The molecule has 0 bridgehead atoms. The van der Waals surface area contributed by atoms with Crippen molar-refractivity contribution in [2.45, 2.75) is 6.92 Å². The van der Waals surface area contributed by atoms with Crippen LogP contribution in [0.2, 0.25) is 0 Å². The summed E-state index contributed by atoms with van der Waals surface area (Å²) in [7, 11) is 0. The van der Waals surface area contributed by atoms with Gasteiger partial charge >= 0.3 is 0 Å². The number of hydrogen-bond acceptors (Lipinski definition) is 3. The third kappa shape index (κ3) is 2.90. The molecule has 0 fully saturated rings. The molecule has 0 unspecified atom stereocenters. The van der Waals surface area contributed by atoms with Gasteiger partial charge in [-0.05, 0) is 43.3 Å². The van der Waals surface area contributed by atoms with Crippen LogP contribution in [0.3, 0.4) is 0 Å². The first kappa shape index (κ1) is 14.8. The van der Waals surface area contributed by atoms with Crippen LogP contribution in [0, 0.1) is 12.7 Å². The zero-order valence-corrected chi connectivity index (χ0v) is 13.4. The fraction of sp³-hybridized carbons (Fsp3) is 0.118. The van der Waals surface area contributed by atoms with E-state index in [1.165, 1.54) is 18.2 Å². The summed E-state index contributed by atoms with van der Waals surface area (Å²) in [6.45, 7) is 1.87. The van der Waals surface area contributed by atoms with Crippen LogP contribution in [0.25, 0.3) is 11.0 Å². The van der Waals surface area contributed by atoms with E-state index in [0.717, 1.165) is 10.2 Å². The fourth-order valence-electron chi connectivity index (χ4n) is 2.32. The van der Waals surface area contributed by atoms with Crippen LogP contribution in [0.4, 0.5) is 10.1 Å². The number of rotatable bonds is 4. The number of nitrogens with one attached hydrogen (secondary N) is 1. The Morgan fingerprint density at radius 1 is 1.27 bits per heavy atom.